The van der Waals surface area contributed by atoms with Gasteiger partial charge in [0, 0.05) is 12.8 Å². The summed E-state index contributed by atoms with van der Waals surface area (Å²) in [4.78, 5) is 42.6. The van der Waals surface area contributed by atoms with Crippen LogP contribution < -0.4 is 0 Å². The third-order valence-corrected chi connectivity index (χ3v) is 7.57. The van der Waals surface area contributed by atoms with Crippen LogP contribution in [0.2, 0.25) is 0 Å². The van der Waals surface area contributed by atoms with E-state index in [0.29, 0.717) is 12.8 Å². The highest BCUT2D eigenvalue weighted by atomic mass is 31.2. The molecule has 0 saturated heterocycles. The molecule has 0 radical (unpaired) electrons. The van der Waals surface area contributed by atoms with Crippen LogP contribution in [0.3, 0.4) is 0 Å². The summed E-state index contributed by atoms with van der Waals surface area (Å²) in [6.45, 7) is 3.40. The zero-order chi connectivity index (χ0) is 36.8. The molecule has 0 aliphatic carbocycles. The van der Waals surface area contributed by atoms with Crippen molar-refractivity contribution >= 4 is 19.8 Å². The summed E-state index contributed by atoms with van der Waals surface area (Å²) in [7, 11) is -4.78. The number of phosphoric acid groups is 1. The largest absolute Gasteiger partial charge is 0.469 e. The highest BCUT2D eigenvalue weighted by Crippen LogP contribution is 2.35. The van der Waals surface area contributed by atoms with Gasteiger partial charge in [0.15, 0.2) is 6.10 Å². The summed E-state index contributed by atoms with van der Waals surface area (Å²) in [5.41, 5.74) is 0. The number of carbonyl (C=O) groups is 2. The van der Waals surface area contributed by atoms with Crippen molar-refractivity contribution in [1.29, 1.82) is 0 Å². The standard InChI is InChI=1S/C41H65O8P/c1-3-5-7-9-11-13-15-17-18-19-20-21-22-24-26-28-30-32-34-36-41(43)49-39(38-48-50(44,45)46)37-47-40(42)35-33-31-29-27-25-23-16-14-12-10-8-6-4-2/h5,7-8,10-11,13-14,16-18,20-21,24,26,30,32,39H,3-4,6,9,12,15,19,22-23,25,27-29,31,33-38H2,1-2H3,(H2,44,45,46)/b7-5-,10-8-,13-11-,16-14-,18-17-,21-20-,26-24-,32-30-. The molecular formula is C41H65O8P. The Balaban J connectivity index is 4.17. The monoisotopic (exact) mass is 716 g/mol. The minimum atomic E-state index is -4.78. The van der Waals surface area contributed by atoms with Crippen molar-refractivity contribution in [3.8, 4) is 0 Å². The maximum absolute atomic E-state index is 12.3. The van der Waals surface area contributed by atoms with Crippen LogP contribution >= 0.6 is 7.82 Å². The summed E-state index contributed by atoms with van der Waals surface area (Å²) < 4.78 is 26.2. The van der Waals surface area contributed by atoms with Gasteiger partial charge in [0.05, 0.1) is 6.61 Å². The fourth-order valence-corrected chi connectivity index (χ4v) is 4.74. The van der Waals surface area contributed by atoms with E-state index in [-0.39, 0.29) is 19.4 Å². The van der Waals surface area contributed by atoms with Gasteiger partial charge in [0.1, 0.15) is 6.61 Å². The number of rotatable bonds is 32. The van der Waals surface area contributed by atoms with E-state index < -0.39 is 32.5 Å². The lowest BCUT2D eigenvalue weighted by Gasteiger charge is -2.18. The van der Waals surface area contributed by atoms with E-state index in [1.165, 1.54) is 6.42 Å². The molecule has 0 fully saturated rings. The molecule has 0 bridgehead atoms. The summed E-state index contributed by atoms with van der Waals surface area (Å²) in [5.74, 6) is -1.01. The van der Waals surface area contributed by atoms with Crippen LogP contribution in [-0.2, 0) is 28.2 Å². The third-order valence-electron chi connectivity index (χ3n) is 7.08. The second-order valence-corrected chi connectivity index (χ2v) is 13.0. The number of unbranched alkanes of at least 4 members (excludes halogenated alkanes) is 6. The van der Waals surface area contributed by atoms with Crippen molar-refractivity contribution < 1.29 is 37.9 Å². The van der Waals surface area contributed by atoms with E-state index in [1.54, 1.807) is 0 Å². The predicted molar refractivity (Wildman–Crippen MR) is 206 cm³/mol. The lowest BCUT2D eigenvalue weighted by molar-refractivity contribution is -0.161. The van der Waals surface area contributed by atoms with Crippen LogP contribution in [0.4, 0.5) is 0 Å². The fraction of sp³-hybridized carbons (Fsp3) is 0.561. The third kappa shape index (κ3) is 37.8. The Kier molecular flexibility index (Phi) is 33.6. The molecule has 9 heteroatoms. The number of hydrogen-bond acceptors (Lipinski definition) is 6. The molecule has 0 amide bonds. The van der Waals surface area contributed by atoms with E-state index in [9.17, 15) is 14.2 Å². The SMILES string of the molecule is CC/C=C\C/C=C\C/C=C\C/C=C\C/C=C\C/C=C\CCC(=O)OC(COC(=O)CCCCCCC/C=C\C/C=C\CCC)COP(=O)(O)O. The molecule has 50 heavy (non-hydrogen) atoms. The molecule has 0 rings (SSSR count). The Morgan fingerprint density at radius 2 is 1.00 bits per heavy atom. The molecule has 0 spiro atoms. The van der Waals surface area contributed by atoms with Gasteiger partial charge in [0.2, 0.25) is 0 Å². The first kappa shape index (κ1) is 47.0. The molecule has 1 atom stereocenters. The van der Waals surface area contributed by atoms with Gasteiger partial charge in [-0.05, 0) is 77.0 Å². The zero-order valence-electron chi connectivity index (χ0n) is 30.7. The Morgan fingerprint density at radius 1 is 0.540 bits per heavy atom. The topological polar surface area (TPSA) is 119 Å². The molecule has 0 aromatic carbocycles. The van der Waals surface area contributed by atoms with Crippen molar-refractivity contribution in [2.75, 3.05) is 13.2 Å². The second kappa shape index (κ2) is 35.8. The predicted octanol–water partition coefficient (Wildman–Crippen LogP) is 11.1. The lowest BCUT2D eigenvalue weighted by atomic mass is 10.1. The molecule has 0 aliphatic rings. The molecule has 1 unspecified atom stereocenters. The molecule has 0 saturated carbocycles. The van der Waals surface area contributed by atoms with Crippen LogP contribution in [0.5, 0.6) is 0 Å². The molecule has 8 nitrogen and oxygen atoms in total. The minimum absolute atomic E-state index is 0.0777. The van der Waals surface area contributed by atoms with Crippen molar-refractivity contribution in [3.05, 3.63) is 97.2 Å². The molecule has 282 valence electrons. The molecule has 2 N–H and O–H groups in total. The molecular weight excluding hydrogens is 651 g/mol. The van der Waals surface area contributed by atoms with Gasteiger partial charge in [-0.2, -0.15) is 0 Å². The number of esters is 2. The van der Waals surface area contributed by atoms with E-state index in [0.717, 1.165) is 83.5 Å². The first-order chi connectivity index (χ1) is 24.3. The number of allylic oxidation sites excluding steroid dienone is 16. The zero-order valence-corrected chi connectivity index (χ0v) is 31.6. The molecule has 0 aromatic rings. The van der Waals surface area contributed by atoms with Crippen LogP contribution in [0.1, 0.15) is 129 Å². The molecule has 0 heterocycles. The van der Waals surface area contributed by atoms with Crippen molar-refractivity contribution in [3.63, 3.8) is 0 Å². The molecule has 0 aromatic heterocycles. The maximum atomic E-state index is 12.3. The second-order valence-electron chi connectivity index (χ2n) is 11.8. The van der Waals surface area contributed by atoms with Crippen molar-refractivity contribution in [2.45, 2.75) is 136 Å². The van der Waals surface area contributed by atoms with E-state index in [2.05, 4.69) is 103 Å². The number of carbonyl (C=O) groups excluding carboxylic acids is 2. The normalized spacial score (nSPS) is 13.6. The van der Waals surface area contributed by atoms with Crippen LogP contribution in [0.25, 0.3) is 0 Å². The number of hydrogen-bond donors (Lipinski definition) is 2. The average Bonchev–Trinajstić information content (AvgIpc) is 3.08. The van der Waals surface area contributed by atoms with E-state index in [4.69, 9.17) is 19.3 Å². The number of ether oxygens (including phenoxy) is 2. The maximum Gasteiger partial charge on any atom is 0.469 e. The Labute approximate surface area is 303 Å². The summed E-state index contributed by atoms with van der Waals surface area (Å²) in [6.07, 6.45) is 48.5. The highest BCUT2D eigenvalue weighted by molar-refractivity contribution is 7.46. The first-order valence-corrected chi connectivity index (χ1v) is 20.1. The smallest absolute Gasteiger partial charge is 0.462 e. The van der Waals surface area contributed by atoms with Gasteiger partial charge in [0.25, 0.3) is 0 Å². The summed E-state index contributed by atoms with van der Waals surface area (Å²) in [5, 5.41) is 0. The van der Waals surface area contributed by atoms with Crippen LogP contribution in [0.15, 0.2) is 97.2 Å². The molecule has 0 aliphatic heterocycles. The van der Waals surface area contributed by atoms with Crippen molar-refractivity contribution in [2.24, 2.45) is 0 Å². The lowest BCUT2D eigenvalue weighted by Crippen LogP contribution is -2.29. The van der Waals surface area contributed by atoms with Crippen molar-refractivity contribution in [1.82, 2.24) is 0 Å². The van der Waals surface area contributed by atoms with Crippen LogP contribution in [-0.4, -0.2) is 41.0 Å². The quantitative estimate of drug-likeness (QED) is 0.0305. The summed E-state index contributed by atoms with van der Waals surface area (Å²) in [6, 6.07) is 0. The van der Waals surface area contributed by atoms with E-state index in [1.807, 2.05) is 12.2 Å². The minimum Gasteiger partial charge on any atom is -0.462 e. The summed E-state index contributed by atoms with van der Waals surface area (Å²) >= 11 is 0. The Morgan fingerprint density at radius 3 is 1.52 bits per heavy atom. The van der Waals surface area contributed by atoms with Gasteiger partial charge >= 0.3 is 19.8 Å². The Hall–Kier alpha value is -3.03. The number of phosphoric ester groups is 1. The van der Waals surface area contributed by atoms with Crippen LogP contribution in [0, 0.1) is 0 Å². The highest BCUT2D eigenvalue weighted by Gasteiger charge is 2.22. The van der Waals surface area contributed by atoms with Gasteiger partial charge in [-0.1, -0.05) is 137 Å². The Bertz CT molecular complexity index is 1120. The van der Waals surface area contributed by atoms with Gasteiger partial charge < -0.3 is 19.3 Å². The average molecular weight is 717 g/mol. The van der Waals surface area contributed by atoms with Gasteiger partial charge in [-0.3, -0.25) is 14.1 Å². The fourth-order valence-electron chi connectivity index (χ4n) is 4.38. The first-order valence-electron chi connectivity index (χ1n) is 18.5. The van der Waals surface area contributed by atoms with Gasteiger partial charge in [-0.15, -0.1) is 0 Å². The van der Waals surface area contributed by atoms with E-state index >= 15 is 0 Å². The van der Waals surface area contributed by atoms with Gasteiger partial charge in [-0.25, -0.2) is 4.57 Å².